The quantitative estimate of drug-likeness (QED) is 0.184. The molecule has 0 saturated carbocycles. The SMILES string of the molecule is CCOC(=O)C(/C=C/C(=O)c1nc(C(=O)OCC)cs1)=C(\N)[C@@H](C)NC(=O)OC(C)(C)C. The van der Waals surface area contributed by atoms with E-state index in [0.29, 0.717) is 0 Å². The Hall–Kier alpha value is -3.21. The van der Waals surface area contributed by atoms with Crippen LogP contribution in [0.25, 0.3) is 0 Å². The topological polar surface area (TPSA) is 147 Å². The summed E-state index contributed by atoms with van der Waals surface area (Å²) in [5.41, 5.74) is 5.25. The number of nitrogens with two attached hydrogens (primary N) is 1. The minimum absolute atomic E-state index is 0.0180. The molecule has 1 heterocycles. The van der Waals surface area contributed by atoms with E-state index < -0.39 is 35.5 Å². The molecule has 0 radical (unpaired) electrons. The van der Waals surface area contributed by atoms with Crippen molar-refractivity contribution >= 4 is 35.2 Å². The van der Waals surface area contributed by atoms with Crippen molar-refractivity contribution in [3.8, 4) is 0 Å². The Morgan fingerprint density at radius 1 is 1.16 bits per heavy atom. The number of thiazole rings is 1. The van der Waals surface area contributed by atoms with E-state index in [1.807, 2.05) is 0 Å². The van der Waals surface area contributed by atoms with E-state index in [2.05, 4.69) is 10.3 Å². The van der Waals surface area contributed by atoms with Crippen molar-refractivity contribution in [2.24, 2.45) is 5.73 Å². The van der Waals surface area contributed by atoms with Crippen LogP contribution in [0.3, 0.4) is 0 Å². The fraction of sp³-hybridized carbons (Fsp3) is 0.476. The van der Waals surface area contributed by atoms with E-state index in [0.717, 1.165) is 17.4 Å². The van der Waals surface area contributed by atoms with Gasteiger partial charge in [0, 0.05) is 11.1 Å². The molecule has 1 atom stereocenters. The predicted molar refractivity (Wildman–Crippen MR) is 118 cm³/mol. The molecule has 0 bridgehead atoms. The second kappa shape index (κ2) is 12.0. The summed E-state index contributed by atoms with van der Waals surface area (Å²) in [6.45, 7) is 10.2. The molecular formula is C21H29N3O7S. The summed E-state index contributed by atoms with van der Waals surface area (Å²) in [6.07, 6.45) is 1.56. The number of hydrogen-bond acceptors (Lipinski definition) is 10. The van der Waals surface area contributed by atoms with Crippen LogP contribution < -0.4 is 11.1 Å². The van der Waals surface area contributed by atoms with E-state index in [1.54, 1.807) is 41.5 Å². The molecule has 0 saturated heterocycles. The van der Waals surface area contributed by atoms with Gasteiger partial charge in [-0.3, -0.25) is 4.79 Å². The standard InChI is InChI=1S/C21H29N3O7S/c1-7-29-18(26)13(16(22)12(3)23-20(28)31-21(4,5)6)9-10-15(25)17-24-14(11-32-17)19(27)30-8-2/h9-12H,7-8,22H2,1-6H3,(H,23,28)/b10-9+,16-13-/t12-/m1/s1. The third-order valence-corrected chi connectivity index (χ3v) is 4.46. The van der Waals surface area contributed by atoms with Crippen LogP contribution >= 0.6 is 11.3 Å². The van der Waals surface area contributed by atoms with Gasteiger partial charge in [0.2, 0.25) is 5.78 Å². The van der Waals surface area contributed by atoms with Crippen molar-refractivity contribution < 1.29 is 33.4 Å². The Morgan fingerprint density at radius 2 is 1.78 bits per heavy atom. The Morgan fingerprint density at radius 3 is 2.34 bits per heavy atom. The highest BCUT2D eigenvalue weighted by Crippen LogP contribution is 2.15. The summed E-state index contributed by atoms with van der Waals surface area (Å²) in [7, 11) is 0. The largest absolute Gasteiger partial charge is 0.462 e. The lowest BCUT2D eigenvalue weighted by atomic mass is 10.1. The van der Waals surface area contributed by atoms with Gasteiger partial charge in [0.05, 0.1) is 24.8 Å². The van der Waals surface area contributed by atoms with Crippen LogP contribution in [-0.2, 0) is 19.0 Å². The van der Waals surface area contributed by atoms with Gasteiger partial charge in [0.15, 0.2) is 10.7 Å². The molecule has 1 aromatic heterocycles. The van der Waals surface area contributed by atoms with Crippen molar-refractivity contribution in [1.29, 1.82) is 0 Å². The molecule has 1 aromatic rings. The fourth-order valence-electron chi connectivity index (χ4n) is 2.20. The summed E-state index contributed by atoms with van der Waals surface area (Å²) >= 11 is 0.961. The normalized spacial score (nSPS) is 13.2. The van der Waals surface area contributed by atoms with Crippen LogP contribution in [0.5, 0.6) is 0 Å². The van der Waals surface area contributed by atoms with Crippen LogP contribution in [-0.4, -0.2) is 53.7 Å². The van der Waals surface area contributed by atoms with Crippen molar-refractivity contribution in [2.45, 2.75) is 53.2 Å². The van der Waals surface area contributed by atoms with Crippen LogP contribution in [0.2, 0.25) is 0 Å². The maximum absolute atomic E-state index is 12.5. The number of allylic oxidation sites excluding steroid dienone is 1. The van der Waals surface area contributed by atoms with Gasteiger partial charge < -0.3 is 25.3 Å². The third kappa shape index (κ3) is 8.50. The molecule has 32 heavy (non-hydrogen) atoms. The first kappa shape index (κ1) is 26.8. The third-order valence-electron chi connectivity index (χ3n) is 3.61. The second-order valence-electron chi connectivity index (χ2n) is 7.41. The van der Waals surface area contributed by atoms with E-state index in [-0.39, 0.29) is 35.2 Å². The zero-order valence-corrected chi connectivity index (χ0v) is 19.8. The molecule has 3 N–H and O–H groups in total. The number of aromatic nitrogens is 1. The first-order valence-corrected chi connectivity index (χ1v) is 10.8. The number of esters is 2. The van der Waals surface area contributed by atoms with Crippen molar-refractivity contribution in [3.05, 3.63) is 39.5 Å². The average Bonchev–Trinajstić information content (AvgIpc) is 3.17. The van der Waals surface area contributed by atoms with Gasteiger partial charge in [-0.2, -0.15) is 0 Å². The second-order valence-corrected chi connectivity index (χ2v) is 8.27. The molecule has 0 aromatic carbocycles. The van der Waals surface area contributed by atoms with Crippen LogP contribution in [0.15, 0.2) is 28.8 Å². The van der Waals surface area contributed by atoms with E-state index in [1.165, 1.54) is 11.5 Å². The zero-order valence-electron chi connectivity index (χ0n) is 19.0. The number of amides is 1. The van der Waals surface area contributed by atoms with Gasteiger partial charge in [-0.1, -0.05) is 0 Å². The van der Waals surface area contributed by atoms with Gasteiger partial charge >= 0.3 is 18.0 Å². The number of hydrogen-bond donors (Lipinski definition) is 2. The van der Waals surface area contributed by atoms with Crippen LogP contribution in [0, 0.1) is 0 Å². The molecule has 10 nitrogen and oxygen atoms in total. The highest BCUT2D eigenvalue weighted by Gasteiger charge is 2.22. The summed E-state index contributed by atoms with van der Waals surface area (Å²) in [5, 5.41) is 3.97. The number of carbonyl (C=O) groups excluding carboxylic acids is 4. The first-order chi connectivity index (χ1) is 14.9. The molecule has 0 aliphatic heterocycles. The van der Waals surface area contributed by atoms with Gasteiger partial charge in [0.1, 0.15) is 5.60 Å². The molecule has 0 unspecified atom stereocenters. The smallest absolute Gasteiger partial charge is 0.408 e. The highest BCUT2D eigenvalue weighted by atomic mass is 32.1. The molecule has 1 rings (SSSR count). The number of nitrogens with one attached hydrogen (secondary N) is 1. The van der Waals surface area contributed by atoms with Gasteiger partial charge in [-0.15, -0.1) is 11.3 Å². The Balaban J connectivity index is 3.09. The number of carbonyl (C=O) groups is 4. The fourth-order valence-corrected chi connectivity index (χ4v) is 2.91. The van der Waals surface area contributed by atoms with Crippen molar-refractivity contribution in [2.75, 3.05) is 13.2 Å². The Kier molecular flexibility index (Phi) is 10.0. The van der Waals surface area contributed by atoms with Gasteiger partial charge in [-0.25, -0.2) is 19.4 Å². The van der Waals surface area contributed by atoms with Crippen molar-refractivity contribution in [3.63, 3.8) is 0 Å². The predicted octanol–water partition coefficient (Wildman–Crippen LogP) is 2.75. The number of alkyl carbamates (subject to hydrolysis) is 1. The van der Waals surface area contributed by atoms with Crippen molar-refractivity contribution in [1.82, 2.24) is 10.3 Å². The molecule has 11 heteroatoms. The maximum Gasteiger partial charge on any atom is 0.408 e. The Bertz CT molecular complexity index is 913. The molecular weight excluding hydrogens is 438 g/mol. The molecule has 176 valence electrons. The minimum Gasteiger partial charge on any atom is -0.462 e. The van der Waals surface area contributed by atoms with E-state index >= 15 is 0 Å². The molecule has 0 spiro atoms. The number of rotatable bonds is 9. The molecule has 0 aliphatic rings. The van der Waals surface area contributed by atoms with Gasteiger partial charge in [0.25, 0.3) is 0 Å². The Labute approximate surface area is 190 Å². The summed E-state index contributed by atoms with van der Waals surface area (Å²) in [5.74, 6) is -1.95. The lowest BCUT2D eigenvalue weighted by molar-refractivity contribution is -0.138. The van der Waals surface area contributed by atoms with Gasteiger partial charge in [-0.05, 0) is 53.7 Å². The van der Waals surface area contributed by atoms with Crippen LogP contribution in [0.4, 0.5) is 4.79 Å². The van der Waals surface area contributed by atoms with E-state index in [4.69, 9.17) is 19.9 Å². The summed E-state index contributed by atoms with van der Waals surface area (Å²) < 4.78 is 15.0. The number of ether oxygens (including phenoxy) is 3. The highest BCUT2D eigenvalue weighted by molar-refractivity contribution is 7.12. The lowest BCUT2D eigenvalue weighted by Crippen LogP contribution is -2.41. The minimum atomic E-state index is -0.792. The summed E-state index contributed by atoms with van der Waals surface area (Å²) in [6, 6.07) is -0.792. The zero-order chi connectivity index (χ0) is 24.5. The molecule has 0 fully saturated rings. The average molecular weight is 468 g/mol. The molecule has 1 amide bonds. The monoisotopic (exact) mass is 467 g/mol. The van der Waals surface area contributed by atoms with E-state index in [9.17, 15) is 19.2 Å². The number of ketones is 1. The molecule has 0 aliphatic carbocycles. The lowest BCUT2D eigenvalue weighted by Gasteiger charge is -2.22. The number of nitrogens with zero attached hydrogens (tertiary/aromatic N) is 1. The summed E-state index contributed by atoms with van der Waals surface area (Å²) in [4.78, 5) is 52.5. The van der Waals surface area contributed by atoms with Crippen LogP contribution in [0.1, 0.15) is 61.8 Å². The first-order valence-electron chi connectivity index (χ1n) is 9.90. The maximum atomic E-state index is 12.5.